The number of sulfonamides is 1. The van der Waals surface area contributed by atoms with Gasteiger partial charge in [-0.3, -0.25) is 9.59 Å². The van der Waals surface area contributed by atoms with E-state index in [9.17, 15) is 18.0 Å². The fraction of sp³-hybridized carbons (Fsp3) is 0.200. The third kappa shape index (κ3) is 4.00. The molecule has 24 heavy (non-hydrogen) atoms. The summed E-state index contributed by atoms with van der Waals surface area (Å²) in [6, 6.07) is 7.93. The highest BCUT2D eigenvalue weighted by atomic mass is 32.2. The molecular weight excluding hydrogens is 332 g/mol. The van der Waals surface area contributed by atoms with Gasteiger partial charge in [0.2, 0.25) is 15.9 Å². The first-order valence-electron chi connectivity index (χ1n) is 7.02. The maximum Gasteiger partial charge on any atom is 0.272 e. The van der Waals surface area contributed by atoms with Gasteiger partial charge in [0.25, 0.3) is 5.91 Å². The van der Waals surface area contributed by atoms with E-state index in [0.29, 0.717) is 11.4 Å². The van der Waals surface area contributed by atoms with E-state index in [4.69, 9.17) is 0 Å². The number of rotatable bonds is 5. The predicted molar refractivity (Wildman–Crippen MR) is 90.4 cm³/mol. The zero-order chi connectivity index (χ0) is 17.9. The number of aryl methyl sites for hydroxylation is 1. The van der Waals surface area contributed by atoms with E-state index in [1.54, 1.807) is 31.3 Å². The number of nitrogens with zero attached hydrogens (tertiary/aromatic N) is 1. The highest BCUT2D eigenvalue weighted by molar-refractivity contribution is 7.89. The molecule has 0 atom stereocenters. The van der Waals surface area contributed by atoms with Crippen LogP contribution in [0, 0.1) is 0 Å². The highest BCUT2D eigenvalue weighted by Crippen LogP contribution is 2.18. The predicted octanol–water partition coefficient (Wildman–Crippen LogP) is 1.14. The number of amides is 2. The van der Waals surface area contributed by atoms with Crippen LogP contribution in [-0.4, -0.2) is 31.8 Å². The zero-order valence-corrected chi connectivity index (χ0v) is 14.3. The Hall–Kier alpha value is -2.65. The minimum absolute atomic E-state index is 0.00430. The van der Waals surface area contributed by atoms with Gasteiger partial charge in [0.15, 0.2) is 0 Å². The van der Waals surface area contributed by atoms with Gasteiger partial charge in [0.05, 0.1) is 0 Å². The molecule has 0 fully saturated rings. The van der Waals surface area contributed by atoms with E-state index >= 15 is 0 Å². The zero-order valence-electron chi connectivity index (χ0n) is 13.5. The molecule has 1 aromatic carbocycles. The maximum atomic E-state index is 12.4. The molecule has 0 saturated heterocycles. The molecule has 0 spiro atoms. The van der Waals surface area contributed by atoms with Crippen molar-refractivity contribution < 1.29 is 18.0 Å². The van der Waals surface area contributed by atoms with Crippen molar-refractivity contribution in [3.63, 3.8) is 0 Å². The molecule has 0 bridgehead atoms. The number of nitrogens with one attached hydrogen (secondary N) is 3. The van der Waals surface area contributed by atoms with Crippen molar-refractivity contribution in [2.45, 2.75) is 11.8 Å². The summed E-state index contributed by atoms with van der Waals surface area (Å²) in [5, 5.41) is 5.29. The Morgan fingerprint density at radius 1 is 1.08 bits per heavy atom. The standard InChI is InChI=1S/C15H18N4O4S/c1-10(20)17-11-5-4-6-12(7-11)18-15(21)14-8-13(9-19(14)3)24(22,23)16-2/h4-9,16H,1-3H3,(H,17,20)(H,18,21). The molecule has 2 aromatic rings. The lowest BCUT2D eigenvalue weighted by Gasteiger charge is -2.08. The molecule has 3 N–H and O–H groups in total. The largest absolute Gasteiger partial charge is 0.345 e. The van der Waals surface area contributed by atoms with Crippen LogP contribution in [0.2, 0.25) is 0 Å². The molecule has 8 nitrogen and oxygen atoms in total. The summed E-state index contributed by atoms with van der Waals surface area (Å²) in [7, 11) is -0.743. The summed E-state index contributed by atoms with van der Waals surface area (Å²) < 4.78 is 27.2. The minimum atomic E-state index is -3.62. The van der Waals surface area contributed by atoms with Crippen molar-refractivity contribution in [1.82, 2.24) is 9.29 Å². The van der Waals surface area contributed by atoms with Gasteiger partial charge < -0.3 is 15.2 Å². The van der Waals surface area contributed by atoms with E-state index < -0.39 is 15.9 Å². The average molecular weight is 350 g/mol. The highest BCUT2D eigenvalue weighted by Gasteiger charge is 2.19. The molecular formula is C15H18N4O4S. The normalized spacial score (nSPS) is 11.1. The molecule has 0 radical (unpaired) electrons. The van der Waals surface area contributed by atoms with Gasteiger partial charge in [-0.1, -0.05) is 6.07 Å². The number of aromatic nitrogens is 1. The lowest BCUT2D eigenvalue weighted by Crippen LogP contribution is -2.18. The Morgan fingerprint density at radius 2 is 1.71 bits per heavy atom. The van der Waals surface area contributed by atoms with Crippen LogP contribution in [-0.2, 0) is 21.9 Å². The molecule has 0 unspecified atom stereocenters. The lowest BCUT2D eigenvalue weighted by molar-refractivity contribution is -0.114. The van der Waals surface area contributed by atoms with E-state index in [0.717, 1.165) is 0 Å². The summed E-state index contributed by atoms with van der Waals surface area (Å²) in [4.78, 5) is 23.4. The van der Waals surface area contributed by atoms with Crippen molar-refractivity contribution in [3.8, 4) is 0 Å². The molecule has 1 heterocycles. The van der Waals surface area contributed by atoms with Gasteiger partial charge in [-0.25, -0.2) is 13.1 Å². The Balaban J connectivity index is 2.23. The Kier molecular flexibility index (Phi) is 5.05. The summed E-state index contributed by atoms with van der Waals surface area (Å²) >= 11 is 0. The SMILES string of the molecule is CNS(=O)(=O)c1cc(C(=O)Nc2cccc(NC(C)=O)c2)n(C)c1. The Morgan fingerprint density at radius 3 is 2.29 bits per heavy atom. The van der Waals surface area contributed by atoms with Crippen LogP contribution in [0.4, 0.5) is 11.4 Å². The second-order valence-corrected chi connectivity index (χ2v) is 6.98. The van der Waals surface area contributed by atoms with Crippen LogP contribution in [0.1, 0.15) is 17.4 Å². The summed E-state index contributed by atoms with van der Waals surface area (Å²) in [6.07, 6.45) is 1.36. The molecule has 128 valence electrons. The molecule has 0 aliphatic rings. The molecule has 0 aliphatic heterocycles. The summed E-state index contributed by atoms with van der Waals surface area (Å²) in [5.41, 5.74) is 1.21. The number of carbonyl (C=O) groups is 2. The van der Waals surface area contributed by atoms with Crippen LogP contribution in [0.25, 0.3) is 0 Å². The number of hydrogen-bond donors (Lipinski definition) is 3. The molecule has 9 heteroatoms. The van der Waals surface area contributed by atoms with E-state index in [-0.39, 0.29) is 16.5 Å². The second-order valence-electron chi connectivity index (χ2n) is 5.10. The second kappa shape index (κ2) is 6.85. The average Bonchev–Trinajstić information content (AvgIpc) is 2.90. The molecule has 1 aromatic heterocycles. The maximum absolute atomic E-state index is 12.4. The number of carbonyl (C=O) groups excluding carboxylic acids is 2. The smallest absolute Gasteiger partial charge is 0.272 e. The van der Waals surface area contributed by atoms with Gasteiger partial charge in [-0.2, -0.15) is 0 Å². The van der Waals surface area contributed by atoms with E-state index in [1.165, 1.54) is 30.8 Å². The quantitative estimate of drug-likeness (QED) is 0.751. The van der Waals surface area contributed by atoms with Crippen molar-refractivity contribution in [2.75, 3.05) is 17.7 Å². The van der Waals surface area contributed by atoms with Crippen LogP contribution in [0.15, 0.2) is 41.4 Å². The van der Waals surface area contributed by atoms with Crippen molar-refractivity contribution in [1.29, 1.82) is 0 Å². The van der Waals surface area contributed by atoms with Crippen LogP contribution in [0.3, 0.4) is 0 Å². The topological polar surface area (TPSA) is 109 Å². The molecule has 0 saturated carbocycles. The third-order valence-corrected chi connectivity index (χ3v) is 4.61. The fourth-order valence-corrected chi connectivity index (χ4v) is 2.90. The van der Waals surface area contributed by atoms with Crippen molar-refractivity contribution >= 4 is 33.2 Å². The fourth-order valence-electron chi connectivity index (χ4n) is 2.10. The lowest BCUT2D eigenvalue weighted by atomic mass is 10.2. The third-order valence-electron chi connectivity index (χ3n) is 3.23. The van der Waals surface area contributed by atoms with Gasteiger partial charge in [0.1, 0.15) is 10.6 Å². The molecule has 0 aliphatic carbocycles. The summed E-state index contributed by atoms with van der Waals surface area (Å²) in [6.45, 7) is 1.39. The number of anilines is 2. The minimum Gasteiger partial charge on any atom is -0.345 e. The first-order valence-corrected chi connectivity index (χ1v) is 8.50. The van der Waals surface area contributed by atoms with Crippen molar-refractivity contribution in [2.24, 2.45) is 7.05 Å². The monoisotopic (exact) mass is 350 g/mol. The first kappa shape index (κ1) is 17.7. The van der Waals surface area contributed by atoms with Gasteiger partial charge in [-0.05, 0) is 31.3 Å². The van der Waals surface area contributed by atoms with Gasteiger partial charge in [0, 0.05) is 31.5 Å². The van der Waals surface area contributed by atoms with Crippen LogP contribution < -0.4 is 15.4 Å². The first-order chi connectivity index (χ1) is 11.2. The Bertz CT molecular complexity index is 887. The van der Waals surface area contributed by atoms with E-state index in [1.807, 2.05) is 0 Å². The number of hydrogen-bond acceptors (Lipinski definition) is 4. The summed E-state index contributed by atoms with van der Waals surface area (Å²) in [5.74, 6) is -0.683. The number of benzene rings is 1. The Labute approximate surface area is 139 Å². The van der Waals surface area contributed by atoms with Crippen LogP contribution in [0.5, 0.6) is 0 Å². The van der Waals surface area contributed by atoms with E-state index in [2.05, 4.69) is 15.4 Å². The molecule has 2 amide bonds. The van der Waals surface area contributed by atoms with Gasteiger partial charge >= 0.3 is 0 Å². The van der Waals surface area contributed by atoms with Gasteiger partial charge in [-0.15, -0.1) is 0 Å². The molecule has 2 rings (SSSR count). The van der Waals surface area contributed by atoms with Crippen molar-refractivity contribution in [3.05, 3.63) is 42.2 Å². The van der Waals surface area contributed by atoms with Crippen LogP contribution >= 0.6 is 0 Å².